The first-order chi connectivity index (χ1) is 10.5. The Morgan fingerprint density at radius 2 is 1.95 bits per heavy atom. The lowest BCUT2D eigenvalue weighted by molar-refractivity contribution is -0.140. The first kappa shape index (κ1) is 14.3. The number of hydrogen-bond acceptors (Lipinski definition) is 3. The molecule has 0 saturated carbocycles. The summed E-state index contributed by atoms with van der Waals surface area (Å²) < 4.78 is 1.74. The van der Waals surface area contributed by atoms with Crippen molar-refractivity contribution in [1.29, 1.82) is 0 Å². The Hall–Kier alpha value is -2.69. The van der Waals surface area contributed by atoms with Crippen molar-refractivity contribution in [1.82, 2.24) is 14.5 Å². The molecule has 0 aliphatic heterocycles. The molecule has 0 radical (unpaired) electrons. The predicted octanol–water partition coefficient (Wildman–Crippen LogP) is 3.36. The van der Waals surface area contributed by atoms with E-state index in [1.54, 1.807) is 17.7 Å². The maximum absolute atomic E-state index is 11.5. The molecule has 1 aromatic carbocycles. The number of fused-ring (bicyclic) bond motifs is 1. The molecule has 1 atom stereocenters. The van der Waals surface area contributed by atoms with Gasteiger partial charge in [-0.15, -0.1) is 0 Å². The Kier molecular flexibility index (Phi) is 3.41. The van der Waals surface area contributed by atoms with Crippen LogP contribution in [0.5, 0.6) is 0 Å². The van der Waals surface area contributed by atoms with E-state index < -0.39 is 12.0 Å². The Morgan fingerprint density at radius 3 is 2.59 bits per heavy atom. The molecule has 5 nitrogen and oxygen atoms in total. The van der Waals surface area contributed by atoms with E-state index in [1.165, 1.54) is 0 Å². The number of hydrogen-bond donors (Lipinski definition) is 1. The lowest BCUT2D eigenvalue weighted by atomic mass is 10.1. The van der Waals surface area contributed by atoms with Gasteiger partial charge in [0.05, 0.1) is 11.0 Å². The summed E-state index contributed by atoms with van der Waals surface area (Å²) in [6, 6.07) is 8.79. The zero-order valence-corrected chi connectivity index (χ0v) is 12.7. The molecule has 0 aliphatic rings. The normalized spacial score (nSPS) is 12.5. The van der Waals surface area contributed by atoms with Gasteiger partial charge in [-0.25, -0.2) is 9.78 Å². The van der Waals surface area contributed by atoms with Gasteiger partial charge in [0.15, 0.2) is 5.82 Å². The van der Waals surface area contributed by atoms with Crippen molar-refractivity contribution >= 4 is 17.0 Å². The highest BCUT2D eigenvalue weighted by molar-refractivity contribution is 5.85. The molecule has 0 aliphatic carbocycles. The highest BCUT2D eigenvalue weighted by Gasteiger charge is 2.22. The van der Waals surface area contributed by atoms with Gasteiger partial charge in [-0.3, -0.25) is 4.98 Å². The summed E-state index contributed by atoms with van der Waals surface area (Å²) in [5, 5.41) is 9.44. The Morgan fingerprint density at radius 1 is 1.23 bits per heavy atom. The van der Waals surface area contributed by atoms with Crippen molar-refractivity contribution < 1.29 is 9.90 Å². The van der Waals surface area contributed by atoms with Gasteiger partial charge in [0.1, 0.15) is 11.7 Å². The first-order valence-electron chi connectivity index (χ1n) is 7.12. The van der Waals surface area contributed by atoms with Crippen molar-refractivity contribution in [2.45, 2.75) is 26.8 Å². The predicted molar refractivity (Wildman–Crippen MR) is 84.8 cm³/mol. The number of pyridine rings is 1. The summed E-state index contributed by atoms with van der Waals surface area (Å²) in [5.41, 5.74) is 4.52. The van der Waals surface area contributed by atoms with Crippen LogP contribution >= 0.6 is 0 Å². The zero-order valence-electron chi connectivity index (χ0n) is 12.7. The Labute approximate surface area is 128 Å². The highest BCUT2D eigenvalue weighted by Crippen LogP contribution is 2.29. The van der Waals surface area contributed by atoms with Gasteiger partial charge < -0.3 is 9.67 Å². The standard InChI is InChI=1S/C17H17N3O2/c1-10-8-14-15(9-11(10)2)20(12(3)17(21)22)16(19-14)13-6-4-5-7-18-13/h4-9,12H,1-3H3,(H,21,22). The quantitative estimate of drug-likeness (QED) is 0.804. The summed E-state index contributed by atoms with van der Waals surface area (Å²) in [6.45, 7) is 5.69. The van der Waals surface area contributed by atoms with E-state index >= 15 is 0 Å². The topological polar surface area (TPSA) is 68.0 Å². The number of benzene rings is 1. The summed E-state index contributed by atoms with van der Waals surface area (Å²) in [4.78, 5) is 20.4. The van der Waals surface area contributed by atoms with Crippen LogP contribution in [0.15, 0.2) is 36.5 Å². The maximum Gasteiger partial charge on any atom is 0.326 e. The van der Waals surface area contributed by atoms with Crippen LogP contribution in [0.25, 0.3) is 22.6 Å². The molecule has 0 saturated heterocycles. The maximum atomic E-state index is 11.5. The molecule has 22 heavy (non-hydrogen) atoms. The van der Waals surface area contributed by atoms with E-state index in [0.717, 1.165) is 22.2 Å². The smallest absolute Gasteiger partial charge is 0.326 e. The number of aryl methyl sites for hydroxylation is 2. The molecule has 5 heteroatoms. The number of rotatable bonds is 3. The second-order valence-corrected chi connectivity index (χ2v) is 5.46. The fraction of sp³-hybridized carbons (Fsp3) is 0.235. The molecule has 3 rings (SSSR count). The van der Waals surface area contributed by atoms with E-state index in [9.17, 15) is 9.90 Å². The summed E-state index contributed by atoms with van der Waals surface area (Å²) in [5.74, 6) is -0.315. The van der Waals surface area contributed by atoms with Crippen LogP contribution in [0.2, 0.25) is 0 Å². The minimum absolute atomic E-state index is 0.579. The zero-order chi connectivity index (χ0) is 15.9. The molecule has 2 aromatic heterocycles. The van der Waals surface area contributed by atoms with Crippen molar-refractivity contribution in [3.8, 4) is 11.5 Å². The number of aliphatic carboxylic acids is 1. The van der Waals surface area contributed by atoms with E-state index in [2.05, 4.69) is 9.97 Å². The molecule has 0 spiro atoms. The average molecular weight is 295 g/mol. The Balaban J connectivity index is 2.36. The second kappa shape index (κ2) is 5.26. The van der Waals surface area contributed by atoms with Gasteiger partial charge in [0.25, 0.3) is 0 Å². The van der Waals surface area contributed by atoms with Gasteiger partial charge in [0, 0.05) is 6.20 Å². The third-order valence-electron chi connectivity index (χ3n) is 3.94. The lowest BCUT2D eigenvalue weighted by Crippen LogP contribution is -2.16. The van der Waals surface area contributed by atoms with E-state index in [0.29, 0.717) is 11.5 Å². The van der Waals surface area contributed by atoms with Gasteiger partial charge in [-0.2, -0.15) is 0 Å². The number of carboxylic acid groups (broad SMARTS) is 1. The molecule has 112 valence electrons. The highest BCUT2D eigenvalue weighted by atomic mass is 16.4. The monoisotopic (exact) mass is 295 g/mol. The van der Waals surface area contributed by atoms with Crippen LogP contribution in [0.4, 0.5) is 0 Å². The fourth-order valence-corrected chi connectivity index (χ4v) is 2.53. The first-order valence-corrected chi connectivity index (χ1v) is 7.12. The van der Waals surface area contributed by atoms with E-state index in [4.69, 9.17) is 0 Å². The molecule has 0 amide bonds. The van der Waals surface area contributed by atoms with Gasteiger partial charge in [-0.05, 0) is 56.2 Å². The third-order valence-corrected chi connectivity index (χ3v) is 3.94. The van der Waals surface area contributed by atoms with Crippen molar-refractivity contribution in [2.24, 2.45) is 0 Å². The molecule has 0 bridgehead atoms. The summed E-state index contributed by atoms with van der Waals surface area (Å²) in [7, 11) is 0. The molecule has 2 heterocycles. The van der Waals surface area contributed by atoms with Crippen LogP contribution in [-0.4, -0.2) is 25.6 Å². The Bertz CT molecular complexity index is 853. The van der Waals surface area contributed by atoms with Crippen molar-refractivity contribution in [3.05, 3.63) is 47.7 Å². The molecule has 0 fully saturated rings. The second-order valence-electron chi connectivity index (χ2n) is 5.46. The average Bonchev–Trinajstić information content (AvgIpc) is 2.86. The summed E-state index contributed by atoms with van der Waals surface area (Å²) in [6.07, 6.45) is 1.68. The van der Waals surface area contributed by atoms with Crippen LogP contribution in [0.1, 0.15) is 24.1 Å². The molecule has 1 N–H and O–H groups in total. The third kappa shape index (κ3) is 2.24. The lowest BCUT2D eigenvalue weighted by Gasteiger charge is -2.13. The fourth-order valence-electron chi connectivity index (χ4n) is 2.53. The molecular weight excluding hydrogens is 278 g/mol. The van der Waals surface area contributed by atoms with Gasteiger partial charge in [-0.1, -0.05) is 6.07 Å². The van der Waals surface area contributed by atoms with E-state index in [1.807, 2.05) is 44.2 Å². The van der Waals surface area contributed by atoms with Crippen molar-refractivity contribution in [3.63, 3.8) is 0 Å². The van der Waals surface area contributed by atoms with Crippen LogP contribution < -0.4 is 0 Å². The number of aromatic nitrogens is 3. The number of carboxylic acids is 1. The minimum atomic E-state index is -0.894. The largest absolute Gasteiger partial charge is 0.480 e. The SMILES string of the molecule is Cc1cc2nc(-c3ccccn3)n(C(C)C(=O)O)c2cc1C. The minimum Gasteiger partial charge on any atom is -0.480 e. The van der Waals surface area contributed by atoms with Gasteiger partial charge in [0.2, 0.25) is 0 Å². The molecule has 1 unspecified atom stereocenters. The number of imidazole rings is 1. The van der Waals surface area contributed by atoms with Crippen LogP contribution in [-0.2, 0) is 4.79 Å². The van der Waals surface area contributed by atoms with Crippen LogP contribution in [0.3, 0.4) is 0 Å². The van der Waals surface area contributed by atoms with Gasteiger partial charge >= 0.3 is 5.97 Å². The van der Waals surface area contributed by atoms with Crippen molar-refractivity contribution in [2.75, 3.05) is 0 Å². The molecule has 3 aromatic rings. The number of nitrogens with zero attached hydrogens (tertiary/aromatic N) is 3. The molecular formula is C17H17N3O2. The number of carbonyl (C=O) groups is 1. The van der Waals surface area contributed by atoms with Crippen LogP contribution in [0, 0.1) is 13.8 Å². The van der Waals surface area contributed by atoms with E-state index in [-0.39, 0.29) is 0 Å². The summed E-state index contributed by atoms with van der Waals surface area (Å²) >= 11 is 0.